The maximum atomic E-state index is 12.9. The van der Waals surface area contributed by atoms with Crippen molar-refractivity contribution in [2.24, 2.45) is 0 Å². The van der Waals surface area contributed by atoms with Crippen LogP contribution in [0.2, 0.25) is 0 Å². The molecule has 0 bridgehead atoms. The predicted octanol–water partition coefficient (Wildman–Crippen LogP) is 5.31. The van der Waals surface area contributed by atoms with E-state index >= 15 is 0 Å². The lowest BCUT2D eigenvalue weighted by molar-refractivity contribution is -0.138. The van der Waals surface area contributed by atoms with Gasteiger partial charge in [0.15, 0.2) is 0 Å². The monoisotopic (exact) mass is 337 g/mol. The first-order chi connectivity index (χ1) is 8.90. The largest absolute Gasteiger partial charge is 0.417 e. The van der Waals surface area contributed by atoms with Crippen molar-refractivity contribution < 1.29 is 13.2 Å². The number of rotatable bonds is 6. The van der Waals surface area contributed by atoms with Gasteiger partial charge >= 0.3 is 6.18 Å². The average Bonchev–Trinajstić information content (AvgIpc) is 2.34. The Labute approximate surface area is 120 Å². The number of benzene rings is 1. The molecule has 1 nitrogen and oxygen atoms in total. The van der Waals surface area contributed by atoms with Crippen molar-refractivity contribution >= 4 is 15.9 Å². The first-order valence-electron chi connectivity index (χ1n) is 6.50. The third kappa shape index (κ3) is 4.80. The summed E-state index contributed by atoms with van der Waals surface area (Å²) >= 11 is 2.97. The molecule has 5 heteroatoms. The molecule has 1 unspecified atom stereocenters. The minimum atomic E-state index is -4.32. The summed E-state index contributed by atoms with van der Waals surface area (Å²) in [5, 5.41) is 3.30. The average molecular weight is 338 g/mol. The Hall–Kier alpha value is -0.550. The van der Waals surface area contributed by atoms with E-state index in [-0.39, 0.29) is 10.5 Å². The van der Waals surface area contributed by atoms with Crippen LogP contribution in [0.15, 0.2) is 22.7 Å². The second-order valence-electron chi connectivity index (χ2n) is 4.53. The van der Waals surface area contributed by atoms with E-state index in [0.717, 1.165) is 25.8 Å². The molecular formula is C14H19BrF3N. The van der Waals surface area contributed by atoms with Crippen molar-refractivity contribution in [1.29, 1.82) is 0 Å². The van der Waals surface area contributed by atoms with Crippen LogP contribution in [0.5, 0.6) is 0 Å². The maximum absolute atomic E-state index is 12.9. The molecule has 1 rings (SSSR count). The van der Waals surface area contributed by atoms with Gasteiger partial charge in [0.1, 0.15) is 0 Å². The van der Waals surface area contributed by atoms with Gasteiger partial charge in [0.25, 0.3) is 0 Å². The van der Waals surface area contributed by atoms with Gasteiger partial charge in [-0.05, 0) is 37.1 Å². The number of hydrogen-bond donors (Lipinski definition) is 1. The zero-order valence-electron chi connectivity index (χ0n) is 11.1. The summed E-state index contributed by atoms with van der Waals surface area (Å²) in [6.45, 7) is 4.88. The van der Waals surface area contributed by atoms with Crippen LogP contribution < -0.4 is 5.32 Å². The van der Waals surface area contributed by atoms with Crippen molar-refractivity contribution in [3.8, 4) is 0 Å². The molecular weight excluding hydrogens is 319 g/mol. The van der Waals surface area contributed by atoms with Crippen molar-refractivity contribution in [2.45, 2.75) is 45.3 Å². The van der Waals surface area contributed by atoms with E-state index in [1.54, 1.807) is 6.07 Å². The second kappa shape index (κ2) is 7.29. The molecule has 0 aliphatic rings. The Morgan fingerprint density at radius 1 is 1.21 bits per heavy atom. The molecule has 0 saturated carbocycles. The number of alkyl halides is 3. The van der Waals surface area contributed by atoms with Gasteiger partial charge in [0.05, 0.1) is 5.56 Å². The fraction of sp³-hybridized carbons (Fsp3) is 0.571. The van der Waals surface area contributed by atoms with Crippen LogP contribution in [-0.4, -0.2) is 6.54 Å². The summed E-state index contributed by atoms with van der Waals surface area (Å²) < 4.78 is 38.7. The fourth-order valence-electron chi connectivity index (χ4n) is 1.97. The highest BCUT2D eigenvalue weighted by atomic mass is 79.9. The molecule has 0 heterocycles. The Kier molecular flexibility index (Phi) is 6.33. The van der Waals surface area contributed by atoms with Gasteiger partial charge < -0.3 is 5.32 Å². The Morgan fingerprint density at radius 2 is 1.89 bits per heavy atom. The lowest BCUT2D eigenvalue weighted by atomic mass is 10.00. The highest BCUT2D eigenvalue weighted by molar-refractivity contribution is 9.10. The summed E-state index contributed by atoms with van der Waals surface area (Å²) in [6, 6.07) is 4.46. The lowest BCUT2D eigenvalue weighted by Gasteiger charge is -2.20. The van der Waals surface area contributed by atoms with Gasteiger partial charge in [-0.15, -0.1) is 0 Å². The zero-order chi connectivity index (χ0) is 14.5. The number of nitrogens with one attached hydrogen (secondary N) is 1. The molecule has 0 radical (unpaired) electrons. The molecule has 1 aromatic carbocycles. The van der Waals surface area contributed by atoms with Gasteiger partial charge in [0, 0.05) is 10.5 Å². The molecule has 0 aromatic heterocycles. The summed E-state index contributed by atoms with van der Waals surface area (Å²) in [6.07, 6.45) is -1.60. The summed E-state index contributed by atoms with van der Waals surface area (Å²) in [5.74, 6) is 0. The van der Waals surface area contributed by atoms with E-state index in [4.69, 9.17) is 0 Å². The van der Waals surface area contributed by atoms with Gasteiger partial charge in [-0.2, -0.15) is 13.2 Å². The fourth-order valence-corrected chi connectivity index (χ4v) is 2.44. The first-order valence-corrected chi connectivity index (χ1v) is 7.29. The highest BCUT2D eigenvalue weighted by Gasteiger charge is 2.33. The van der Waals surface area contributed by atoms with Crippen molar-refractivity contribution in [2.75, 3.05) is 6.54 Å². The molecule has 0 spiro atoms. The summed E-state index contributed by atoms with van der Waals surface area (Å²) in [5.41, 5.74) is 0.0928. The molecule has 0 fully saturated rings. The molecule has 0 saturated heterocycles. The van der Waals surface area contributed by atoms with Crippen LogP contribution in [0.25, 0.3) is 0 Å². The van der Waals surface area contributed by atoms with E-state index in [0.29, 0.717) is 5.56 Å². The SMILES string of the molecule is CCCNC(CCC)c1ccc(Br)c(C(F)(F)F)c1. The van der Waals surface area contributed by atoms with Crippen LogP contribution in [0.3, 0.4) is 0 Å². The Morgan fingerprint density at radius 3 is 2.42 bits per heavy atom. The van der Waals surface area contributed by atoms with Gasteiger partial charge in [0.2, 0.25) is 0 Å². The van der Waals surface area contributed by atoms with Crippen molar-refractivity contribution in [1.82, 2.24) is 5.32 Å². The minimum Gasteiger partial charge on any atom is -0.310 e. The normalized spacial score (nSPS) is 13.6. The molecule has 1 atom stereocenters. The van der Waals surface area contributed by atoms with E-state index in [2.05, 4.69) is 21.2 Å². The zero-order valence-corrected chi connectivity index (χ0v) is 12.7. The van der Waals surface area contributed by atoms with Crippen LogP contribution >= 0.6 is 15.9 Å². The van der Waals surface area contributed by atoms with E-state index in [1.807, 2.05) is 13.8 Å². The molecule has 0 aliphatic heterocycles. The molecule has 1 aromatic rings. The number of halogens is 4. The number of hydrogen-bond acceptors (Lipinski definition) is 1. The van der Waals surface area contributed by atoms with Gasteiger partial charge in [-0.25, -0.2) is 0 Å². The molecule has 0 amide bonds. The third-order valence-corrected chi connectivity index (χ3v) is 3.61. The van der Waals surface area contributed by atoms with E-state index < -0.39 is 11.7 Å². The quantitative estimate of drug-likeness (QED) is 0.741. The van der Waals surface area contributed by atoms with E-state index in [9.17, 15) is 13.2 Å². The van der Waals surface area contributed by atoms with Crippen LogP contribution in [0.4, 0.5) is 13.2 Å². The third-order valence-electron chi connectivity index (χ3n) is 2.92. The minimum absolute atomic E-state index is 0.0147. The van der Waals surface area contributed by atoms with Crippen LogP contribution in [-0.2, 0) is 6.18 Å². The Balaban J connectivity index is 3.03. The standard InChI is InChI=1S/C14H19BrF3N/c1-3-5-13(19-8-4-2)10-6-7-12(15)11(9-10)14(16,17)18/h6-7,9,13,19H,3-5,8H2,1-2H3. The molecule has 19 heavy (non-hydrogen) atoms. The highest BCUT2D eigenvalue weighted by Crippen LogP contribution is 2.36. The molecule has 108 valence electrons. The smallest absolute Gasteiger partial charge is 0.310 e. The summed E-state index contributed by atoms with van der Waals surface area (Å²) in [7, 11) is 0. The van der Waals surface area contributed by atoms with Crippen molar-refractivity contribution in [3.63, 3.8) is 0 Å². The van der Waals surface area contributed by atoms with Gasteiger partial charge in [-0.3, -0.25) is 0 Å². The van der Waals surface area contributed by atoms with E-state index in [1.165, 1.54) is 12.1 Å². The molecule has 1 N–H and O–H groups in total. The lowest BCUT2D eigenvalue weighted by Crippen LogP contribution is -2.22. The Bertz CT molecular complexity index is 404. The van der Waals surface area contributed by atoms with Crippen LogP contribution in [0, 0.1) is 0 Å². The second-order valence-corrected chi connectivity index (χ2v) is 5.39. The maximum Gasteiger partial charge on any atom is 0.417 e. The predicted molar refractivity (Wildman–Crippen MR) is 75.1 cm³/mol. The topological polar surface area (TPSA) is 12.0 Å². The van der Waals surface area contributed by atoms with Crippen molar-refractivity contribution in [3.05, 3.63) is 33.8 Å². The molecule has 0 aliphatic carbocycles. The van der Waals surface area contributed by atoms with Gasteiger partial charge in [-0.1, -0.05) is 42.3 Å². The van der Waals surface area contributed by atoms with Crippen LogP contribution in [0.1, 0.15) is 50.3 Å². The first kappa shape index (κ1) is 16.5. The summed E-state index contributed by atoms with van der Waals surface area (Å²) in [4.78, 5) is 0.